The summed E-state index contributed by atoms with van der Waals surface area (Å²) in [5, 5.41) is 2.64. The van der Waals surface area contributed by atoms with Crippen LogP contribution in [-0.2, 0) is 5.41 Å². The molecule has 2 aliphatic rings. The minimum atomic E-state index is -0.497. The van der Waals surface area contributed by atoms with Gasteiger partial charge in [0.05, 0.1) is 5.41 Å². The first kappa shape index (κ1) is 25.7. The van der Waals surface area contributed by atoms with Gasteiger partial charge < -0.3 is 0 Å². The molecule has 0 N–H and O–H groups in total. The topological polar surface area (TPSA) is 0 Å². The van der Waals surface area contributed by atoms with Gasteiger partial charge in [0.2, 0.25) is 0 Å². The average molecular weight is 567 g/mol. The zero-order valence-corrected chi connectivity index (χ0v) is 25.0. The normalized spacial score (nSPS) is 14.9. The summed E-state index contributed by atoms with van der Waals surface area (Å²) in [5.41, 5.74) is 14.2. The van der Waals surface area contributed by atoms with E-state index in [0.29, 0.717) is 0 Å². The van der Waals surface area contributed by atoms with E-state index in [1.54, 1.807) is 0 Å². The summed E-state index contributed by atoms with van der Waals surface area (Å²) in [6.07, 6.45) is 6.03. The van der Waals surface area contributed by atoms with E-state index in [2.05, 4.69) is 136 Å². The van der Waals surface area contributed by atoms with Crippen LogP contribution in [0.4, 0.5) is 0 Å². The van der Waals surface area contributed by atoms with Crippen LogP contribution in [0, 0.1) is 6.92 Å². The van der Waals surface area contributed by atoms with Crippen molar-refractivity contribution in [1.82, 2.24) is 0 Å². The monoisotopic (exact) mass is 566 g/mol. The molecule has 1 spiro atoms. The third-order valence-electron chi connectivity index (χ3n) is 9.40. The van der Waals surface area contributed by atoms with Gasteiger partial charge in [0, 0.05) is 20.2 Å². The summed E-state index contributed by atoms with van der Waals surface area (Å²) >= 11 is 1.86. The van der Waals surface area contributed by atoms with Crippen LogP contribution in [0.3, 0.4) is 0 Å². The number of rotatable bonds is 5. The highest BCUT2D eigenvalue weighted by molar-refractivity contribution is 7.25. The molecule has 0 nitrogen and oxygen atoms in total. The molecule has 0 fully saturated rings. The first-order valence-corrected chi connectivity index (χ1v) is 15.5. The first-order valence-electron chi connectivity index (χ1n) is 14.7. The maximum atomic E-state index is 4.35. The van der Waals surface area contributed by atoms with Crippen molar-refractivity contribution in [2.75, 3.05) is 0 Å². The Morgan fingerprint density at radius 2 is 1.16 bits per heavy atom. The van der Waals surface area contributed by atoms with Crippen LogP contribution in [0.1, 0.15) is 22.3 Å². The highest BCUT2D eigenvalue weighted by Gasteiger charge is 2.53. The molecule has 0 saturated heterocycles. The predicted molar refractivity (Wildman–Crippen MR) is 187 cm³/mol. The van der Waals surface area contributed by atoms with E-state index in [0.717, 1.165) is 11.1 Å². The van der Waals surface area contributed by atoms with Crippen molar-refractivity contribution in [2.45, 2.75) is 12.3 Å². The Balaban J connectivity index is 1.37. The summed E-state index contributed by atoms with van der Waals surface area (Å²) in [6.45, 7) is 15.2. The van der Waals surface area contributed by atoms with E-state index in [-0.39, 0.29) is 0 Å². The van der Waals surface area contributed by atoms with E-state index in [1.807, 2.05) is 29.6 Å². The van der Waals surface area contributed by atoms with Crippen molar-refractivity contribution < 1.29 is 0 Å². The number of thiophene rings is 1. The highest BCUT2D eigenvalue weighted by atomic mass is 32.1. The number of benzene rings is 5. The highest BCUT2D eigenvalue weighted by Crippen LogP contribution is 2.64. The molecule has 0 aliphatic heterocycles. The van der Waals surface area contributed by atoms with E-state index >= 15 is 0 Å². The van der Waals surface area contributed by atoms with Gasteiger partial charge in [-0.25, -0.2) is 0 Å². The summed E-state index contributed by atoms with van der Waals surface area (Å²) in [4.78, 5) is 0. The molecule has 0 unspecified atom stereocenters. The number of aryl methyl sites for hydroxylation is 1. The van der Waals surface area contributed by atoms with Crippen LogP contribution in [0.5, 0.6) is 0 Å². The van der Waals surface area contributed by atoms with Gasteiger partial charge in [-0.2, -0.15) is 0 Å². The molecule has 8 rings (SSSR count). The van der Waals surface area contributed by atoms with Gasteiger partial charge in [-0.15, -0.1) is 11.3 Å². The van der Waals surface area contributed by atoms with Crippen LogP contribution in [-0.4, -0.2) is 0 Å². The summed E-state index contributed by atoms with van der Waals surface area (Å²) in [6, 6.07) is 40.2. The van der Waals surface area contributed by atoms with Crippen LogP contribution in [0.2, 0.25) is 0 Å². The lowest BCUT2D eigenvalue weighted by molar-refractivity contribution is 0.836. The van der Waals surface area contributed by atoms with Gasteiger partial charge in [-0.1, -0.05) is 129 Å². The summed E-state index contributed by atoms with van der Waals surface area (Å²) in [5.74, 6) is 0. The van der Waals surface area contributed by atoms with Crippen molar-refractivity contribution in [3.05, 3.63) is 186 Å². The summed E-state index contributed by atoms with van der Waals surface area (Å²) < 4.78 is 2.66. The third-order valence-corrected chi connectivity index (χ3v) is 10.6. The Morgan fingerprint density at radius 3 is 1.84 bits per heavy atom. The average Bonchev–Trinajstić information content (AvgIpc) is 3.67. The molecule has 204 valence electrons. The van der Waals surface area contributed by atoms with Crippen molar-refractivity contribution in [2.24, 2.45) is 0 Å². The smallest absolute Gasteiger partial charge is 0.0731 e. The van der Waals surface area contributed by atoms with Gasteiger partial charge in [0.15, 0.2) is 0 Å². The second-order valence-corrected chi connectivity index (χ2v) is 12.5. The number of hydrogen-bond acceptors (Lipinski definition) is 1. The largest absolute Gasteiger partial charge is 0.135 e. The Bertz CT molecular complexity index is 2200. The third kappa shape index (κ3) is 3.37. The van der Waals surface area contributed by atoms with Crippen molar-refractivity contribution in [3.63, 3.8) is 0 Å². The van der Waals surface area contributed by atoms with Crippen molar-refractivity contribution in [3.8, 4) is 22.3 Å². The fourth-order valence-electron chi connectivity index (χ4n) is 7.68. The maximum Gasteiger partial charge on any atom is 0.0731 e. The number of fused-ring (bicyclic) bond motifs is 8. The SMILES string of the molecule is C=CC1=C(C=C)C2(C(c3ccc(-c4ccc5sc6ccccc6c5c4)cc3C)=C1C=C)c1ccccc1-c1ccccc12. The Labute approximate surface area is 257 Å². The van der Waals surface area contributed by atoms with Gasteiger partial charge in [-0.3, -0.25) is 0 Å². The molecule has 0 atom stereocenters. The molecule has 43 heavy (non-hydrogen) atoms. The van der Waals surface area contributed by atoms with Crippen LogP contribution in [0.25, 0.3) is 48.0 Å². The Kier molecular flexibility index (Phi) is 5.69. The standard InChI is InChI=1S/C42H30S/c1-5-29-30(6-2)41(42(36(29)7-3)37-17-11-8-14-32(37)33-15-9-12-18-38(33)42)31-22-20-27(24-26(31)4)28-21-23-40-35(25-28)34-16-10-13-19-39(34)43-40/h5-25H,1-3H2,4H3. The Hall–Kier alpha value is -4.98. The molecule has 1 heterocycles. The molecule has 5 aromatic carbocycles. The second-order valence-electron chi connectivity index (χ2n) is 11.4. The second kappa shape index (κ2) is 9.52. The lowest BCUT2D eigenvalue weighted by Crippen LogP contribution is -2.27. The van der Waals surface area contributed by atoms with Gasteiger partial charge in [0.25, 0.3) is 0 Å². The fourth-order valence-corrected chi connectivity index (χ4v) is 8.77. The van der Waals surface area contributed by atoms with E-state index < -0.39 is 5.41 Å². The first-order chi connectivity index (χ1) is 21.1. The van der Waals surface area contributed by atoms with E-state index in [1.165, 1.54) is 75.8 Å². The van der Waals surface area contributed by atoms with Crippen molar-refractivity contribution >= 4 is 37.1 Å². The van der Waals surface area contributed by atoms with E-state index in [4.69, 9.17) is 0 Å². The fraction of sp³-hybridized carbons (Fsp3) is 0.0476. The molecule has 1 heteroatoms. The quantitative estimate of drug-likeness (QED) is 0.195. The maximum absolute atomic E-state index is 4.35. The lowest BCUT2D eigenvalue weighted by atomic mass is 9.66. The molecule has 0 bridgehead atoms. The van der Waals surface area contributed by atoms with Crippen LogP contribution >= 0.6 is 11.3 Å². The van der Waals surface area contributed by atoms with Gasteiger partial charge >= 0.3 is 0 Å². The zero-order valence-electron chi connectivity index (χ0n) is 24.2. The van der Waals surface area contributed by atoms with Crippen molar-refractivity contribution in [1.29, 1.82) is 0 Å². The minimum Gasteiger partial charge on any atom is -0.135 e. The van der Waals surface area contributed by atoms with E-state index in [9.17, 15) is 0 Å². The summed E-state index contributed by atoms with van der Waals surface area (Å²) in [7, 11) is 0. The number of hydrogen-bond donors (Lipinski definition) is 0. The molecule has 1 aromatic heterocycles. The van der Waals surface area contributed by atoms with Gasteiger partial charge in [0.1, 0.15) is 0 Å². The predicted octanol–water partition coefficient (Wildman–Crippen LogP) is 11.6. The number of allylic oxidation sites excluding steroid dienone is 7. The molecule has 0 radical (unpaired) electrons. The minimum absolute atomic E-state index is 0.497. The molecular formula is C42H30S. The lowest BCUT2D eigenvalue weighted by Gasteiger charge is -2.34. The molecule has 6 aromatic rings. The molecular weight excluding hydrogens is 537 g/mol. The molecule has 2 aliphatic carbocycles. The zero-order chi connectivity index (χ0) is 29.3. The Morgan fingerprint density at radius 1 is 0.558 bits per heavy atom. The van der Waals surface area contributed by atoms with Crippen LogP contribution < -0.4 is 0 Å². The molecule has 0 amide bonds. The molecule has 0 saturated carbocycles. The van der Waals surface area contributed by atoms with Crippen LogP contribution in [0.15, 0.2) is 164 Å². The van der Waals surface area contributed by atoms with Gasteiger partial charge in [-0.05, 0) is 91.9 Å².